The van der Waals surface area contributed by atoms with Crippen LogP contribution in [0.1, 0.15) is 46.0 Å². The summed E-state index contributed by atoms with van der Waals surface area (Å²) in [4.78, 5) is 12.2. The molecule has 0 aliphatic heterocycles. The summed E-state index contributed by atoms with van der Waals surface area (Å²) >= 11 is 0. The Morgan fingerprint density at radius 3 is 2.56 bits per heavy atom. The summed E-state index contributed by atoms with van der Waals surface area (Å²) < 4.78 is 5.06. The van der Waals surface area contributed by atoms with Gasteiger partial charge in [-0.15, -0.1) is 0 Å². The van der Waals surface area contributed by atoms with Crippen molar-refractivity contribution in [1.82, 2.24) is 5.32 Å². The van der Waals surface area contributed by atoms with Crippen LogP contribution < -0.4 is 5.32 Å². The van der Waals surface area contributed by atoms with Crippen LogP contribution in [0.5, 0.6) is 0 Å². The van der Waals surface area contributed by atoms with Gasteiger partial charge in [-0.2, -0.15) is 5.26 Å². The number of nitrogens with zero attached hydrogens (tertiary/aromatic N) is 1. The molecule has 1 rings (SSSR count). The van der Waals surface area contributed by atoms with Crippen molar-refractivity contribution in [2.24, 2.45) is 10.8 Å². The molecule has 0 spiro atoms. The molecule has 0 radical (unpaired) electrons. The zero-order valence-corrected chi connectivity index (χ0v) is 11.7. The monoisotopic (exact) mass is 252 g/mol. The van der Waals surface area contributed by atoms with Crippen molar-refractivity contribution in [3.8, 4) is 6.07 Å². The molecule has 0 atom stereocenters. The molecule has 0 aromatic carbocycles. The van der Waals surface area contributed by atoms with Gasteiger partial charge >= 0.3 is 0 Å². The van der Waals surface area contributed by atoms with Crippen molar-refractivity contribution in [1.29, 1.82) is 5.26 Å². The van der Waals surface area contributed by atoms with E-state index in [1.807, 2.05) is 0 Å². The van der Waals surface area contributed by atoms with E-state index < -0.39 is 5.41 Å². The summed E-state index contributed by atoms with van der Waals surface area (Å²) in [5.74, 6) is -0.0898. The van der Waals surface area contributed by atoms with E-state index in [-0.39, 0.29) is 11.3 Å². The Balaban J connectivity index is 2.48. The number of nitriles is 1. The van der Waals surface area contributed by atoms with Crippen LogP contribution in [0.25, 0.3) is 0 Å². The maximum Gasteiger partial charge on any atom is 0.240 e. The van der Waals surface area contributed by atoms with Crippen LogP contribution in [0.2, 0.25) is 0 Å². The fraction of sp³-hybridized carbons (Fsp3) is 0.857. The maximum atomic E-state index is 12.2. The summed E-state index contributed by atoms with van der Waals surface area (Å²) in [6.07, 6.45) is 4.26. The molecule has 1 fully saturated rings. The average Bonchev–Trinajstić information content (AvgIpc) is 2.83. The molecular weight excluding hydrogens is 228 g/mol. The van der Waals surface area contributed by atoms with Gasteiger partial charge in [-0.3, -0.25) is 4.79 Å². The third-order valence-corrected chi connectivity index (χ3v) is 3.82. The molecule has 1 aliphatic rings. The molecule has 0 unspecified atom stereocenters. The van der Waals surface area contributed by atoms with Gasteiger partial charge in [0.05, 0.1) is 6.07 Å². The molecule has 1 N–H and O–H groups in total. The highest BCUT2D eigenvalue weighted by atomic mass is 16.5. The second-order valence-corrected chi connectivity index (χ2v) is 5.99. The van der Waals surface area contributed by atoms with Gasteiger partial charge in [0.15, 0.2) is 0 Å². The van der Waals surface area contributed by atoms with Gasteiger partial charge in [0.25, 0.3) is 0 Å². The van der Waals surface area contributed by atoms with E-state index in [9.17, 15) is 10.1 Å². The number of carbonyl (C=O) groups excluding carboxylic acids is 1. The van der Waals surface area contributed by atoms with Gasteiger partial charge in [-0.1, -0.05) is 26.7 Å². The molecule has 0 aromatic heterocycles. The molecule has 0 aromatic rings. The SMILES string of the molecule is COCCC(C)(C)CNC(=O)C1(C#N)CCCC1. The third-order valence-electron chi connectivity index (χ3n) is 3.82. The minimum atomic E-state index is -0.767. The second kappa shape index (κ2) is 6.19. The lowest BCUT2D eigenvalue weighted by atomic mass is 9.85. The Labute approximate surface area is 110 Å². The summed E-state index contributed by atoms with van der Waals surface area (Å²) in [6.45, 7) is 5.48. The van der Waals surface area contributed by atoms with Crippen molar-refractivity contribution < 1.29 is 9.53 Å². The van der Waals surface area contributed by atoms with E-state index in [0.29, 0.717) is 26.0 Å². The molecule has 102 valence electrons. The third kappa shape index (κ3) is 3.71. The number of hydrogen-bond acceptors (Lipinski definition) is 3. The number of methoxy groups -OCH3 is 1. The molecule has 1 aliphatic carbocycles. The number of amides is 1. The van der Waals surface area contributed by atoms with Gasteiger partial charge in [-0.25, -0.2) is 0 Å². The van der Waals surface area contributed by atoms with E-state index in [1.54, 1.807) is 7.11 Å². The van der Waals surface area contributed by atoms with Gasteiger partial charge < -0.3 is 10.1 Å². The molecule has 1 saturated carbocycles. The van der Waals surface area contributed by atoms with Crippen LogP contribution >= 0.6 is 0 Å². The number of rotatable bonds is 6. The lowest BCUT2D eigenvalue weighted by Crippen LogP contribution is -2.42. The van der Waals surface area contributed by atoms with E-state index >= 15 is 0 Å². The fourth-order valence-corrected chi connectivity index (χ4v) is 2.32. The molecular formula is C14H24N2O2. The predicted octanol–water partition coefficient (Wildman–Crippen LogP) is 2.25. The first-order valence-electron chi connectivity index (χ1n) is 6.64. The second-order valence-electron chi connectivity index (χ2n) is 5.99. The largest absolute Gasteiger partial charge is 0.385 e. The van der Waals surface area contributed by atoms with Crippen LogP contribution in [0.4, 0.5) is 0 Å². The van der Waals surface area contributed by atoms with Crippen LogP contribution in [0, 0.1) is 22.2 Å². The summed E-state index contributed by atoms with van der Waals surface area (Å²) in [6, 6.07) is 2.22. The standard InChI is InChI=1S/C14H24N2O2/c1-13(2,8-9-18-3)11-16-12(17)14(10-15)6-4-5-7-14/h4-9,11H2,1-3H3,(H,16,17). The lowest BCUT2D eigenvalue weighted by molar-refractivity contribution is -0.128. The Morgan fingerprint density at radius 2 is 2.06 bits per heavy atom. The minimum Gasteiger partial charge on any atom is -0.385 e. The number of hydrogen-bond donors (Lipinski definition) is 1. The van der Waals surface area contributed by atoms with Crippen molar-refractivity contribution in [2.45, 2.75) is 46.0 Å². The maximum absolute atomic E-state index is 12.2. The van der Waals surface area contributed by atoms with Crippen molar-refractivity contribution in [2.75, 3.05) is 20.3 Å². The minimum absolute atomic E-state index is 0.000913. The van der Waals surface area contributed by atoms with Gasteiger partial charge in [0, 0.05) is 20.3 Å². The number of ether oxygens (including phenoxy) is 1. The number of nitrogens with one attached hydrogen (secondary N) is 1. The molecule has 0 bridgehead atoms. The Hall–Kier alpha value is -1.08. The molecule has 4 nitrogen and oxygen atoms in total. The molecule has 18 heavy (non-hydrogen) atoms. The highest BCUT2D eigenvalue weighted by molar-refractivity contribution is 5.85. The number of carbonyl (C=O) groups is 1. The van der Waals surface area contributed by atoms with Crippen molar-refractivity contribution in [3.63, 3.8) is 0 Å². The first-order chi connectivity index (χ1) is 8.46. The molecule has 1 amide bonds. The summed E-state index contributed by atoms with van der Waals surface area (Å²) in [7, 11) is 1.68. The molecule has 4 heteroatoms. The predicted molar refractivity (Wildman–Crippen MR) is 69.8 cm³/mol. The zero-order chi connectivity index (χ0) is 13.6. The normalized spacial score (nSPS) is 18.3. The summed E-state index contributed by atoms with van der Waals surface area (Å²) in [5.41, 5.74) is -0.766. The smallest absolute Gasteiger partial charge is 0.240 e. The Morgan fingerprint density at radius 1 is 1.44 bits per heavy atom. The first-order valence-corrected chi connectivity index (χ1v) is 6.64. The van der Waals surface area contributed by atoms with Crippen LogP contribution in [0.3, 0.4) is 0 Å². The summed E-state index contributed by atoms with van der Waals surface area (Å²) in [5, 5.41) is 12.2. The van der Waals surface area contributed by atoms with Crippen LogP contribution in [-0.4, -0.2) is 26.2 Å². The topological polar surface area (TPSA) is 62.1 Å². The zero-order valence-electron chi connectivity index (χ0n) is 11.7. The fourth-order valence-electron chi connectivity index (χ4n) is 2.32. The van der Waals surface area contributed by atoms with Crippen LogP contribution in [-0.2, 0) is 9.53 Å². The first kappa shape index (κ1) is 15.0. The van der Waals surface area contributed by atoms with E-state index in [2.05, 4.69) is 25.2 Å². The van der Waals surface area contributed by atoms with Gasteiger partial charge in [0.1, 0.15) is 5.41 Å². The highest BCUT2D eigenvalue weighted by Gasteiger charge is 2.41. The highest BCUT2D eigenvalue weighted by Crippen LogP contribution is 2.37. The Kier molecular flexibility index (Phi) is 5.15. The van der Waals surface area contributed by atoms with E-state index in [1.165, 1.54) is 0 Å². The van der Waals surface area contributed by atoms with Crippen molar-refractivity contribution >= 4 is 5.91 Å². The lowest BCUT2D eigenvalue weighted by Gasteiger charge is -2.27. The van der Waals surface area contributed by atoms with Gasteiger partial charge in [-0.05, 0) is 24.7 Å². The van der Waals surface area contributed by atoms with E-state index in [4.69, 9.17) is 4.74 Å². The quantitative estimate of drug-likeness (QED) is 0.788. The van der Waals surface area contributed by atoms with Crippen molar-refractivity contribution in [3.05, 3.63) is 0 Å². The average molecular weight is 252 g/mol. The van der Waals surface area contributed by atoms with E-state index in [0.717, 1.165) is 19.3 Å². The Bertz CT molecular complexity index is 325. The molecule has 0 saturated heterocycles. The van der Waals surface area contributed by atoms with Crippen LogP contribution in [0.15, 0.2) is 0 Å². The molecule has 0 heterocycles. The van der Waals surface area contributed by atoms with Gasteiger partial charge in [0.2, 0.25) is 5.91 Å².